The van der Waals surface area contributed by atoms with Gasteiger partial charge in [0.15, 0.2) is 5.13 Å². The largest absolute Gasteiger partial charge is 0.497 e. The van der Waals surface area contributed by atoms with Gasteiger partial charge in [-0.15, -0.1) is 22.7 Å². The summed E-state index contributed by atoms with van der Waals surface area (Å²) < 4.78 is 40.7. The number of allylic oxidation sites excluding steroid dienone is 1. The number of pyridine rings is 1. The Morgan fingerprint density at radius 1 is 1.06 bits per heavy atom. The number of likely N-dealkylation sites (N-methyl/N-ethyl adjacent to an activating group) is 1. The first-order valence-corrected chi connectivity index (χ1v) is 26.7. The Balaban J connectivity index is 1.08. The molecular formula is C48H64N8O9S3. The number of thiophene rings is 1. The summed E-state index contributed by atoms with van der Waals surface area (Å²) in [5.74, 6) is -0.471. The zero-order valence-corrected chi connectivity index (χ0v) is 41.5. The van der Waals surface area contributed by atoms with Gasteiger partial charge in [-0.3, -0.25) is 9.59 Å². The summed E-state index contributed by atoms with van der Waals surface area (Å²) in [6, 6.07) is 7.81. The minimum atomic E-state index is -3.79. The monoisotopic (exact) mass is 992 g/mol. The second-order valence-corrected chi connectivity index (χ2v) is 22.6. The fourth-order valence-electron chi connectivity index (χ4n) is 9.16. The summed E-state index contributed by atoms with van der Waals surface area (Å²) in [4.78, 5) is 64.2. The summed E-state index contributed by atoms with van der Waals surface area (Å²) in [7, 11) is -0.691. The number of carboxylic acids is 1. The molecule has 4 heterocycles. The lowest BCUT2D eigenvalue weighted by atomic mass is 9.84. The van der Waals surface area contributed by atoms with Crippen molar-refractivity contribution < 1.29 is 42.2 Å². The first-order valence-electron chi connectivity index (χ1n) is 23.5. The lowest BCUT2D eigenvalue weighted by molar-refractivity contribution is -0.140. The number of aromatic nitrogens is 2. The quantitative estimate of drug-likeness (QED) is 0.0285. The highest BCUT2D eigenvalue weighted by molar-refractivity contribution is 7.91. The summed E-state index contributed by atoms with van der Waals surface area (Å²) in [5.41, 5.74) is 6.59. The zero-order valence-electron chi connectivity index (χ0n) is 39.1. The van der Waals surface area contributed by atoms with Crippen molar-refractivity contribution in [3.05, 3.63) is 59.3 Å². The molecule has 1 aromatic carbocycles. The van der Waals surface area contributed by atoms with Gasteiger partial charge in [0, 0.05) is 60.9 Å². The highest BCUT2D eigenvalue weighted by Gasteiger charge is 2.56. The minimum Gasteiger partial charge on any atom is -0.497 e. The third-order valence-electron chi connectivity index (χ3n) is 13.1. The number of anilines is 1. The smallest absolute Gasteiger partial charge is 0.324 e. The van der Waals surface area contributed by atoms with Crippen molar-refractivity contribution in [1.29, 1.82) is 0 Å². The number of thiazole rings is 1. The zero-order chi connectivity index (χ0) is 48.6. The van der Waals surface area contributed by atoms with Crippen LogP contribution in [0.1, 0.15) is 90.9 Å². The van der Waals surface area contributed by atoms with Gasteiger partial charge in [0.1, 0.15) is 45.4 Å². The number of benzene rings is 1. The molecule has 17 nitrogen and oxygen atoms in total. The number of likely N-dealkylation sites (tertiary alicyclic amines) is 1. The van der Waals surface area contributed by atoms with Crippen LogP contribution in [-0.2, 0) is 24.4 Å². The molecule has 2 unspecified atom stereocenters. The number of hydrogen-bond donors (Lipinski definition) is 5. The van der Waals surface area contributed by atoms with Crippen LogP contribution < -0.4 is 31.2 Å². The molecule has 3 aromatic heterocycles. The normalized spacial score (nSPS) is 21.8. The summed E-state index contributed by atoms with van der Waals surface area (Å²) >= 11 is 2.60. The van der Waals surface area contributed by atoms with Gasteiger partial charge in [0.25, 0.3) is 10.0 Å². The number of rotatable bonds is 23. The molecule has 6 atom stereocenters. The number of sulfonamides is 1. The second kappa shape index (κ2) is 22.5. The van der Waals surface area contributed by atoms with Crippen molar-refractivity contribution in [2.75, 3.05) is 32.6 Å². The molecule has 6 N–H and O–H groups in total. The van der Waals surface area contributed by atoms with Gasteiger partial charge >= 0.3 is 12.0 Å². The third-order valence-corrected chi connectivity index (χ3v) is 17.1. The Hall–Kier alpha value is -5.15. The highest BCUT2D eigenvalue weighted by Crippen LogP contribution is 2.42. The van der Waals surface area contributed by atoms with E-state index in [1.54, 1.807) is 24.6 Å². The topological polar surface area (TPSA) is 235 Å². The van der Waals surface area contributed by atoms with Crippen LogP contribution in [0.15, 0.2) is 63.5 Å². The molecule has 3 fully saturated rings. The fraction of sp³-hybridized carbons (Fsp3) is 0.542. The molecule has 0 spiro atoms. The Morgan fingerprint density at radius 2 is 1.85 bits per heavy atom. The Labute approximate surface area is 406 Å². The van der Waals surface area contributed by atoms with Gasteiger partial charge in [0.2, 0.25) is 5.91 Å². The maximum Gasteiger partial charge on any atom is 0.324 e. The van der Waals surface area contributed by atoms with Gasteiger partial charge < -0.3 is 46.0 Å². The van der Waals surface area contributed by atoms with Crippen LogP contribution in [0.25, 0.3) is 22.3 Å². The predicted molar refractivity (Wildman–Crippen MR) is 264 cm³/mol. The van der Waals surface area contributed by atoms with Crippen LogP contribution in [0.2, 0.25) is 0 Å². The first kappa shape index (κ1) is 50.7. The molecule has 7 rings (SSSR count). The van der Waals surface area contributed by atoms with E-state index in [0.717, 1.165) is 61.3 Å². The Kier molecular flexibility index (Phi) is 16.8. The molecule has 3 amide bonds. The lowest BCUT2D eigenvalue weighted by Gasteiger charge is -2.34. The van der Waals surface area contributed by atoms with Gasteiger partial charge in [-0.25, -0.2) is 23.2 Å². The number of hydrogen-bond acceptors (Lipinski definition) is 14. The lowest BCUT2D eigenvalue weighted by Crippen LogP contribution is -2.56. The van der Waals surface area contributed by atoms with Crippen molar-refractivity contribution in [1.82, 2.24) is 29.8 Å². The van der Waals surface area contributed by atoms with Crippen LogP contribution in [0.3, 0.4) is 0 Å². The van der Waals surface area contributed by atoms with E-state index in [1.807, 2.05) is 55.6 Å². The minimum absolute atomic E-state index is 0.0318. The molecule has 0 radical (unpaired) electrons. The van der Waals surface area contributed by atoms with Crippen molar-refractivity contribution in [2.45, 2.75) is 131 Å². The molecular weight excluding hydrogens is 929 g/mol. The van der Waals surface area contributed by atoms with Crippen LogP contribution >= 0.6 is 22.7 Å². The highest BCUT2D eigenvalue weighted by atomic mass is 32.2. The van der Waals surface area contributed by atoms with Gasteiger partial charge in [-0.05, 0) is 81.9 Å². The van der Waals surface area contributed by atoms with Gasteiger partial charge in [-0.2, -0.15) is 4.31 Å². The van der Waals surface area contributed by atoms with Crippen LogP contribution in [0, 0.1) is 11.8 Å². The number of methoxy groups -OCH3 is 1. The first-order chi connectivity index (χ1) is 32.6. The van der Waals surface area contributed by atoms with E-state index in [9.17, 15) is 32.7 Å². The van der Waals surface area contributed by atoms with E-state index in [1.165, 1.54) is 27.6 Å². The molecule has 68 heavy (non-hydrogen) atoms. The van der Waals surface area contributed by atoms with Crippen LogP contribution in [0.4, 0.5) is 9.93 Å². The van der Waals surface area contributed by atoms with Crippen molar-refractivity contribution in [3.63, 3.8) is 0 Å². The van der Waals surface area contributed by atoms with Crippen molar-refractivity contribution >= 4 is 72.9 Å². The summed E-state index contributed by atoms with van der Waals surface area (Å²) in [6.07, 6.45) is 12.3. The molecule has 4 aromatic rings. The van der Waals surface area contributed by atoms with E-state index in [4.69, 9.17) is 25.2 Å². The number of amides is 3. The molecule has 0 bridgehead atoms. The number of carboxylic acid groups (broad SMARTS) is 1. The predicted octanol–water partition coefficient (Wildman–Crippen LogP) is 7.04. The fourth-order valence-corrected chi connectivity index (χ4v) is 12.4. The number of fused-ring (bicyclic) bond motifs is 1. The molecule has 3 aliphatic rings. The number of aldehydes is 1. The van der Waals surface area contributed by atoms with E-state index < -0.39 is 57.7 Å². The van der Waals surface area contributed by atoms with Crippen molar-refractivity contribution in [3.8, 4) is 22.9 Å². The number of nitrogens with two attached hydrogens (primary N) is 1. The maximum absolute atomic E-state index is 14.7. The number of carbonyl (C=O) groups is 4. The number of carbonyl (C=O) groups excluding carboxylic acids is 3. The average molecular weight is 993 g/mol. The SMILES string of the molecule is COc1ccc2c(O[C@@H]3C[C@@H](C=O)N(C(=O)[C@H](CCCCC/C=C\C4C[C@]4(N)C(=O)O)NC(=O)NC(CN(C)S(=O)(=O)c4cccs4)C4CCCCC4)C3)cc(-c3csc(NC(C)C)n3)nc2c1. The number of nitrogens with one attached hydrogen (secondary N) is 3. The van der Waals surface area contributed by atoms with E-state index >= 15 is 0 Å². The molecule has 1 aliphatic heterocycles. The second-order valence-electron chi connectivity index (χ2n) is 18.5. The third kappa shape index (κ3) is 12.3. The van der Waals surface area contributed by atoms with E-state index in [2.05, 4.69) is 16.0 Å². The van der Waals surface area contributed by atoms with Crippen LogP contribution in [-0.4, -0.2) is 120 Å². The summed E-state index contributed by atoms with van der Waals surface area (Å²) in [5, 5.41) is 23.8. The number of aliphatic carboxylic acids is 1. The molecule has 20 heteroatoms. The number of urea groups is 1. The van der Waals surface area contributed by atoms with Gasteiger partial charge in [0.05, 0.1) is 30.9 Å². The van der Waals surface area contributed by atoms with E-state index in [-0.39, 0.29) is 48.0 Å². The number of nitrogens with zero attached hydrogens (tertiary/aromatic N) is 4. The molecule has 368 valence electrons. The average Bonchev–Trinajstić information content (AvgIpc) is 3.82. The number of ether oxygens (including phenoxy) is 2. The Bertz CT molecular complexity index is 2530. The van der Waals surface area contributed by atoms with E-state index in [0.29, 0.717) is 59.5 Å². The Morgan fingerprint density at radius 3 is 2.54 bits per heavy atom. The summed E-state index contributed by atoms with van der Waals surface area (Å²) in [6.45, 7) is 4.21. The molecule has 2 saturated carbocycles. The maximum atomic E-state index is 14.7. The van der Waals surface area contributed by atoms with Gasteiger partial charge in [-0.1, -0.05) is 50.3 Å². The molecule has 1 saturated heterocycles. The number of unbranched alkanes of at least 4 members (excludes halogenated alkanes) is 3. The van der Waals surface area contributed by atoms with Crippen LogP contribution in [0.5, 0.6) is 11.5 Å². The standard InChI is InChI=1S/C48H64N8O9S3/c1-30(2)50-47-54-41(29-67-47)39-24-42(36-20-19-34(64-4)23-38(36)51-39)65-35-22-33(28-57)56(26-35)44(58)37(17-12-7-5-6-11-16-32-25-48(32,49)45(59)60)52-46(61)53-40(31-14-9-8-10-15-31)27-55(3)68(62,63)43-18-13-21-66-43/h11,13,16,18-21,23-24,28-33,35,37,40H,5-10,12,14-15,17,22,25-27,49H2,1-4H3,(H,50,54)(H,59,60)(H2,52,53,61)/b16-11-/t32?,33-,35+,37-,40?,48+/m0/s1. The van der Waals surface area contributed by atoms with Crippen molar-refractivity contribution in [2.24, 2.45) is 17.6 Å². The molecule has 2 aliphatic carbocycles.